The number of hydrogen-bond donors (Lipinski definition) is 0. The van der Waals surface area contributed by atoms with E-state index >= 15 is 0 Å². The Kier molecular flexibility index (Phi) is 3.76. The van der Waals surface area contributed by atoms with Crippen LogP contribution in [0.4, 0.5) is 0 Å². The minimum absolute atomic E-state index is 0.0950. The van der Waals surface area contributed by atoms with E-state index in [1.807, 2.05) is 30.0 Å². The van der Waals surface area contributed by atoms with Crippen LogP contribution in [0.3, 0.4) is 0 Å². The van der Waals surface area contributed by atoms with Gasteiger partial charge in [0.05, 0.1) is 0 Å². The average molecular weight is 227 g/mol. The first-order valence-corrected chi connectivity index (χ1v) is 5.96. The lowest BCUT2D eigenvalue weighted by Crippen LogP contribution is -2.34. The number of rotatable bonds is 2. The number of benzene rings is 1. The third kappa shape index (κ3) is 2.84. The predicted molar refractivity (Wildman–Crippen MR) is 69.5 cm³/mol. The van der Waals surface area contributed by atoms with Crippen LogP contribution in [0.15, 0.2) is 48.6 Å². The van der Waals surface area contributed by atoms with E-state index in [4.69, 9.17) is 0 Å². The Hall–Kier alpha value is -1.83. The molecule has 0 aromatic heterocycles. The van der Waals surface area contributed by atoms with Crippen molar-refractivity contribution in [3.63, 3.8) is 0 Å². The van der Waals surface area contributed by atoms with Crippen molar-refractivity contribution < 1.29 is 4.79 Å². The Morgan fingerprint density at radius 1 is 1.24 bits per heavy atom. The summed E-state index contributed by atoms with van der Waals surface area (Å²) in [6.07, 6.45) is 8.17. The number of hydrogen-bond acceptors (Lipinski definition) is 1. The summed E-state index contributed by atoms with van der Waals surface area (Å²) in [4.78, 5) is 13.8. The van der Waals surface area contributed by atoms with Gasteiger partial charge in [-0.1, -0.05) is 42.5 Å². The molecule has 0 N–H and O–H groups in total. The van der Waals surface area contributed by atoms with Crippen LogP contribution < -0.4 is 0 Å². The van der Waals surface area contributed by atoms with E-state index in [0.29, 0.717) is 0 Å². The van der Waals surface area contributed by atoms with E-state index in [2.05, 4.69) is 18.2 Å². The van der Waals surface area contributed by atoms with Crippen LogP contribution >= 0.6 is 0 Å². The highest BCUT2D eigenvalue weighted by molar-refractivity contribution is 5.88. The fourth-order valence-corrected chi connectivity index (χ4v) is 2.04. The molecule has 1 amide bonds. The minimum Gasteiger partial charge on any atom is -0.334 e. The van der Waals surface area contributed by atoms with Crippen LogP contribution in [-0.2, 0) is 17.8 Å². The van der Waals surface area contributed by atoms with Crippen molar-refractivity contribution in [2.75, 3.05) is 6.54 Å². The molecule has 17 heavy (non-hydrogen) atoms. The van der Waals surface area contributed by atoms with E-state index < -0.39 is 0 Å². The monoisotopic (exact) mass is 227 g/mol. The van der Waals surface area contributed by atoms with E-state index in [-0.39, 0.29) is 5.91 Å². The van der Waals surface area contributed by atoms with Gasteiger partial charge in [-0.15, -0.1) is 0 Å². The predicted octanol–water partition coefficient (Wildman–Crippen LogP) is 2.70. The molecule has 88 valence electrons. The largest absolute Gasteiger partial charge is 0.334 e. The number of nitrogens with zero attached hydrogens (tertiary/aromatic N) is 1. The molecule has 1 aliphatic heterocycles. The topological polar surface area (TPSA) is 20.3 Å². The van der Waals surface area contributed by atoms with Crippen molar-refractivity contribution in [2.45, 2.75) is 19.9 Å². The first kappa shape index (κ1) is 11.6. The molecule has 0 aliphatic carbocycles. The first-order valence-electron chi connectivity index (χ1n) is 5.96. The van der Waals surface area contributed by atoms with Gasteiger partial charge in [-0.25, -0.2) is 0 Å². The van der Waals surface area contributed by atoms with Gasteiger partial charge in [0.15, 0.2) is 0 Å². The maximum atomic E-state index is 11.9. The number of carbonyl (C=O) groups excluding carboxylic acids is 1. The summed E-state index contributed by atoms with van der Waals surface area (Å²) >= 11 is 0. The maximum Gasteiger partial charge on any atom is 0.246 e. The van der Waals surface area contributed by atoms with Crippen molar-refractivity contribution >= 4 is 5.91 Å². The van der Waals surface area contributed by atoms with Gasteiger partial charge >= 0.3 is 0 Å². The summed E-state index contributed by atoms with van der Waals surface area (Å²) < 4.78 is 0. The molecule has 0 unspecified atom stereocenters. The van der Waals surface area contributed by atoms with Crippen LogP contribution in [-0.4, -0.2) is 17.4 Å². The molecule has 0 saturated heterocycles. The molecule has 2 nitrogen and oxygen atoms in total. The van der Waals surface area contributed by atoms with Gasteiger partial charge in [-0.2, -0.15) is 0 Å². The van der Waals surface area contributed by atoms with Crippen molar-refractivity contribution in [1.29, 1.82) is 0 Å². The summed E-state index contributed by atoms with van der Waals surface area (Å²) in [7, 11) is 0. The second-order valence-corrected chi connectivity index (χ2v) is 4.16. The number of amides is 1. The molecule has 0 radical (unpaired) electrons. The summed E-state index contributed by atoms with van der Waals surface area (Å²) in [5.41, 5.74) is 2.64. The summed E-state index contributed by atoms with van der Waals surface area (Å²) in [5, 5.41) is 0. The normalized spacial score (nSPS) is 15.5. The molecule has 2 rings (SSSR count). The highest BCUT2D eigenvalue weighted by Gasteiger charge is 2.17. The fraction of sp³-hybridized carbons (Fsp3) is 0.267. The molecule has 0 spiro atoms. The van der Waals surface area contributed by atoms with Crippen molar-refractivity contribution in [3.8, 4) is 0 Å². The SMILES string of the molecule is CC=CC=CC(=O)N1CCc2ccccc2C1. The average Bonchev–Trinajstić information content (AvgIpc) is 2.38. The number of carbonyl (C=O) groups is 1. The molecule has 1 aromatic carbocycles. The Bertz CT molecular complexity index is 460. The zero-order chi connectivity index (χ0) is 12.1. The number of allylic oxidation sites excluding steroid dienone is 3. The van der Waals surface area contributed by atoms with Gasteiger partial charge < -0.3 is 4.90 Å². The second kappa shape index (κ2) is 5.48. The molecule has 1 aliphatic rings. The van der Waals surface area contributed by atoms with Crippen LogP contribution in [0, 0.1) is 0 Å². The highest BCUT2D eigenvalue weighted by atomic mass is 16.2. The Morgan fingerprint density at radius 2 is 2.00 bits per heavy atom. The molecule has 0 bridgehead atoms. The summed E-state index contributed by atoms with van der Waals surface area (Å²) in [5.74, 6) is 0.0950. The van der Waals surface area contributed by atoms with E-state index in [0.717, 1.165) is 19.5 Å². The molecule has 0 saturated carbocycles. The lowest BCUT2D eigenvalue weighted by Gasteiger charge is -2.27. The minimum atomic E-state index is 0.0950. The second-order valence-electron chi connectivity index (χ2n) is 4.16. The summed E-state index contributed by atoms with van der Waals surface area (Å²) in [6.45, 7) is 3.48. The van der Waals surface area contributed by atoms with Crippen molar-refractivity contribution in [2.24, 2.45) is 0 Å². The lowest BCUT2D eigenvalue weighted by atomic mass is 10.00. The van der Waals surface area contributed by atoms with E-state index in [9.17, 15) is 4.79 Å². The summed E-state index contributed by atoms with van der Waals surface area (Å²) in [6, 6.07) is 8.34. The molecular weight excluding hydrogens is 210 g/mol. The Balaban J connectivity index is 2.05. The van der Waals surface area contributed by atoms with Crippen molar-refractivity contribution in [1.82, 2.24) is 4.90 Å². The molecule has 2 heteroatoms. The van der Waals surface area contributed by atoms with Gasteiger partial charge in [-0.3, -0.25) is 4.79 Å². The standard InChI is InChI=1S/C15H17NO/c1-2-3-4-9-15(17)16-11-10-13-7-5-6-8-14(13)12-16/h2-9H,10-12H2,1H3. The third-order valence-electron chi connectivity index (χ3n) is 2.98. The smallest absolute Gasteiger partial charge is 0.246 e. The third-order valence-corrected chi connectivity index (χ3v) is 2.98. The van der Waals surface area contributed by atoms with E-state index in [1.165, 1.54) is 11.1 Å². The van der Waals surface area contributed by atoms with Crippen LogP contribution in [0.5, 0.6) is 0 Å². The van der Waals surface area contributed by atoms with Crippen LogP contribution in [0.2, 0.25) is 0 Å². The molecular formula is C15H17NO. The van der Waals surface area contributed by atoms with Gasteiger partial charge in [0.2, 0.25) is 5.91 Å². The molecule has 1 heterocycles. The quantitative estimate of drug-likeness (QED) is 0.562. The maximum absolute atomic E-state index is 11.9. The zero-order valence-electron chi connectivity index (χ0n) is 10.1. The van der Waals surface area contributed by atoms with Crippen molar-refractivity contribution in [3.05, 3.63) is 59.7 Å². The molecule has 0 fully saturated rings. The molecule has 1 aromatic rings. The van der Waals surface area contributed by atoms with Gasteiger partial charge in [0, 0.05) is 19.2 Å². The first-order chi connectivity index (χ1) is 8.31. The molecule has 0 atom stereocenters. The van der Waals surface area contributed by atoms with E-state index in [1.54, 1.807) is 12.2 Å². The Labute approximate surface area is 102 Å². The number of fused-ring (bicyclic) bond motifs is 1. The van der Waals surface area contributed by atoms with Gasteiger partial charge in [0.1, 0.15) is 0 Å². The highest BCUT2D eigenvalue weighted by Crippen LogP contribution is 2.18. The van der Waals surface area contributed by atoms with Crippen LogP contribution in [0.1, 0.15) is 18.1 Å². The lowest BCUT2D eigenvalue weighted by molar-refractivity contribution is -0.126. The van der Waals surface area contributed by atoms with Crippen LogP contribution in [0.25, 0.3) is 0 Å². The van der Waals surface area contributed by atoms with Gasteiger partial charge in [-0.05, 0) is 24.5 Å². The fourth-order valence-electron chi connectivity index (χ4n) is 2.04. The van der Waals surface area contributed by atoms with Gasteiger partial charge in [0.25, 0.3) is 0 Å². The Morgan fingerprint density at radius 3 is 2.76 bits per heavy atom. The zero-order valence-corrected chi connectivity index (χ0v) is 10.1.